The minimum absolute atomic E-state index is 0. The van der Waals surface area contributed by atoms with E-state index in [4.69, 9.17) is 29.2 Å². The summed E-state index contributed by atoms with van der Waals surface area (Å²) in [6.45, 7) is 79.7. The molecular formula is C68H146F4O9. The highest BCUT2D eigenvalue weighted by atomic mass is 19.4. The Balaban J connectivity index is -0.000000128. The fraction of sp³-hybridized carbons (Fsp3) is 0.971. The lowest BCUT2D eigenvalue weighted by molar-refractivity contribution is -0.280. The summed E-state index contributed by atoms with van der Waals surface area (Å²) in [6.07, 6.45) is -1.94. The number of hydrogen-bond donors (Lipinski definition) is 5. The van der Waals surface area contributed by atoms with Crippen molar-refractivity contribution in [2.75, 3.05) is 40.1 Å². The maximum absolute atomic E-state index is 12.8. The summed E-state index contributed by atoms with van der Waals surface area (Å²) in [7, 11) is 1.70. The van der Waals surface area contributed by atoms with Gasteiger partial charge in [-0.15, -0.1) is 6.58 Å². The molecule has 0 saturated heterocycles. The van der Waals surface area contributed by atoms with Gasteiger partial charge in [-0.05, 0) is 136 Å². The zero-order valence-electron chi connectivity index (χ0n) is 60.0. The molecule has 0 spiro atoms. The highest BCUT2D eigenvalue weighted by Gasteiger charge is 2.56. The van der Waals surface area contributed by atoms with Crippen LogP contribution in [0.4, 0.5) is 17.6 Å². The van der Waals surface area contributed by atoms with Crippen LogP contribution in [0.15, 0.2) is 12.7 Å². The molecule has 0 bridgehead atoms. The van der Waals surface area contributed by atoms with Crippen LogP contribution >= 0.6 is 0 Å². The minimum Gasteiger partial charge on any atom is -0.394 e. The topological polar surface area (TPSA) is 138 Å². The molecule has 0 aromatic heterocycles. The monoisotopic (exact) mass is 1180 g/mol. The van der Waals surface area contributed by atoms with Crippen molar-refractivity contribution in [2.24, 2.45) is 79.3 Å². The van der Waals surface area contributed by atoms with E-state index in [-0.39, 0.29) is 47.7 Å². The van der Waals surface area contributed by atoms with E-state index >= 15 is 0 Å². The first-order valence-corrected chi connectivity index (χ1v) is 29.8. The predicted octanol–water partition coefficient (Wildman–Crippen LogP) is 18.9. The molecule has 0 aromatic rings. The molecule has 0 rings (SSSR count). The lowest BCUT2D eigenvalue weighted by Crippen LogP contribution is -2.51. The second-order valence-corrected chi connectivity index (χ2v) is 32.0. The highest BCUT2D eigenvalue weighted by molar-refractivity contribution is 4.92. The molecule has 9 nitrogen and oxygen atoms in total. The van der Waals surface area contributed by atoms with Gasteiger partial charge in [0, 0.05) is 13.0 Å². The largest absolute Gasteiger partial charge is 0.417 e. The molecule has 0 aliphatic rings. The van der Waals surface area contributed by atoms with Gasteiger partial charge in [-0.2, -0.15) is 13.2 Å². The summed E-state index contributed by atoms with van der Waals surface area (Å²) in [5, 5.41) is 46.1. The summed E-state index contributed by atoms with van der Waals surface area (Å²) < 4.78 is 71.5. The van der Waals surface area contributed by atoms with Crippen molar-refractivity contribution in [1.29, 1.82) is 0 Å². The molecule has 5 N–H and O–H groups in total. The molecule has 0 saturated carbocycles. The van der Waals surface area contributed by atoms with Crippen LogP contribution in [0.3, 0.4) is 0 Å². The van der Waals surface area contributed by atoms with Crippen LogP contribution in [-0.4, -0.2) is 113 Å². The fourth-order valence-corrected chi connectivity index (χ4v) is 7.32. The molecule has 0 aliphatic heterocycles. The number of halogens is 4. The van der Waals surface area contributed by atoms with E-state index in [1.54, 1.807) is 40.9 Å². The predicted molar refractivity (Wildman–Crippen MR) is 343 cm³/mol. The number of rotatable bonds is 17. The van der Waals surface area contributed by atoms with Gasteiger partial charge in [0.15, 0.2) is 5.60 Å². The Labute approximate surface area is 503 Å². The molecule has 13 heteroatoms. The van der Waals surface area contributed by atoms with E-state index in [9.17, 15) is 32.9 Å². The van der Waals surface area contributed by atoms with Crippen LogP contribution in [0.5, 0.6) is 0 Å². The van der Waals surface area contributed by atoms with Crippen molar-refractivity contribution in [2.45, 2.75) is 311 Å². The smallest absolute Gasteiger partial charge is 0.394 e. The van der Waals surface area contributed by atoms with Gasteiger partial charge in [-0.1, -0.05) is 207 Å². The molecule has 0 heterocycles. The first-order chi connectivity index (χ1) is 34.5. The standard InChI is InChI=1S/C11H24O2.C11H22O.C10H22O2.C9H17F3O.2C9H20O.C8H17FO.CH4/c1-9(11(3,4)5)10(2)13-8-7-12-6;1-7-8-12-10(3)9(2)11(4,5)6;1-8(10(3,4)5)9(2)12-7-6-11;1-6(7(2,3)4)8(5,13)9(10,11)12;2*1-7(8(2,3)4)9(5,6)10;1-6(7(2,3)4)8(5,9)10;/h9-10H,7-8H2,1-6H3;7,9-10H,1,8H2,2-6H3;8-9,11H,6-7H2,1-5H3;6,13H,1-5H3;2*7,10H,1-6H3;6,10H,1-5H3;1H4. The number of aliphatic hydroxyl groups is 5. The third-order valence-electron chi connectivity index (χ3n) is 17.4. The first kappa shape index (κ1) is 96.4. The van der Waals surface area contributed by atoms with Crippen molar-refractivity contribution >= 4 is 0 Å². The van der Waals surface area contributed by atoms with Gasteiger partial charge in [0.2, 0.25) is 5.85 Å². The molecule has 0 radical (unpaired) electrons. The maximum atomic E-state index is 12.8. The Morgan fingerprint density at radius 3 is 0.765 bits per heavy atom. The van der Waals surface area contributed by atoms with Crippen LogP contribution in [-0.2, 0) is 18.9 Å². The van der Waals surface area contributed by atoms with E-state index in [1.807, 2.05) is 48.5 Å². The van der Waals surface area contributed by atoms with Crippen LogP contribution in [0.2, 0.25) is 0 Å². The Morgan fingerprint density at radius 2 is 0.630 bits per heavy atom. The number of methoxy groups -OCH3 is 1. The second kappa shape index (κ2) is 39.1. The summed E-state index contributed by atoms with van der Waals surface area (Å²) in [5.41, 5.74) is -3.20. The van der Waals surface area contributed by atoms with E-state index < -0.39 is 40.2 Å². The Kier molecular flexibility index (Phi) is 46.5. The Bertz CT molecular complexity index is 1400. The zero-order valence-corrected chi connectivity index (χ0v) is 60.0. The lowest BCUT2D eigenvalue weighted by Gasteiger charge is -2.40. The van der Waals surface area contributed by atoms with Crippen molar-refractivity contribution < 1.29 is 62.0 Å². The van der Waals surface area contributed by atoms with Crippen molar-refractivity contribution in [3.63, 3.8) is 0 Å². The molecule has 81 heavy (non-hydrogen) atoms. The normalized spacial score (nSPS) is 18.2. The van der Waals surface area contributed by atoms with Gasteiger partial charge in [0.25, 0.3) is 0 Å². The van der Waals surface area contributed by atoms with Gasteiger partial charge < -0.3 is 44.5 Å². The first-order valence-electron chi connectivity index (χ1n) is 29.8. The number of ether oxygens (including phenoxy) is 4. The van der Waals surface area contributed by atoms with E-state index in [2.05, 4.69) is 166 Å². The van der Waals surface area contributed by atoms with E-state index in [0.29, 0.717) is 79.1 Å². The van der Waals surface area contributed by atoms with E-state index in [0.717, 1.165) is 6.92 Å². The molecule has 0 fully saturated rings. The SMILES string of the molecule is C.C=CCOC(C)C(C)C(C)(C)C.CC(C(C)(C)C)C(C)(C)O.CC(C(C)(C)C)C(C)(C)O.CC(C(C)(C)C)C(C)(O)C(F)(F)F.CC(C(C)(C)C)C(C)(O)F.CC(OCCO)C(C)C(C)(C)C.COCCOC(C)C(C)C(C)(C)C. The molecule has 12 atom stereocenters. The van der Waals surface area contributed by atoms with Gasteiger partial charge in [0.05, 0.1) is 62.5 Å². The molecule has 500 valence electrons. The summed E-state index contributed by atoms with van der Waals surface area (Å²) >= 11 is 0. The molecular weight excluding hydrogens is 1040 g/mol. The van der Waals surface area contributed by atoms with Gasteiger partial charge in [0.1, 0.15) is 0 Å². The third-order valence-corrected chi connectivity index (χ3v) is 17.4. The number of alkyl halides is 4. The lowest BCUT2D eigenvalue weighted by atomic mass is 9.72. The van der Waals surface area contributed by atoms with Crippen LogP contribution in [0, 0.1) is 79.3 Å². The van der Waals surface area contributed by atoms with Gasteiger partial charge in [-0.3, -0.25) is 0 Å². The second-order valence-electron chi connectivity index (χ2n) is 32.0. The van der Waals surface area contributed by atoms with Crippen molar-refractivity contribution in [1.82, 2.24) is 0 Å². The molecule has 0 amide bonds. The van der Waals surface area contributed by atoms with Gasteiger partial charge >= 0.3 is 6.18 Å². The van der Waals surface area contributed by atoms with Crippen molar-refractivity contribution in [3.8, 4) is 0 Å². The molecule has 0 aliphatic carbocycles. The number of aliphatic hydroxyl groups excluding tert-OH is 1. The summed E-state index contributed by atoms with van der Waals surface area (Å²) in [5.74, 6) is -0.982. The molecule has 12 unspecified atom stereocenters. The Hall–Kier alpha value is -0.900. The fourth-order valence-electron chi connectivity index (χ4n) is 7.32. The highest BCUT2D eigenvalue weighted by Crippen LogP contribution is 2.44. The Morgan fingerprint density at radius 1 is 0.383 bits per heavy atom. The van der Waals surface area contributed by atoms with Crippen LogP contribution < -0.4 is 0 Å². The quantitative estimate of drug-likeness (QED) is 0.0547. The summed E-state index contributed by atoms with van der Waals surface area (Å²) in [4.78, 5) is 0. The molecule has 0 aromatic carbocycles. The average Bonchev–Trinajstić information content (AvgIpc) is 3.23. The van der Waals surface area contributed by atoms with Crippen molar-refractivity contribution in [3.05, 3.63) is 12.7 Å². The maximum Gasteiger partial charge on any atom is 0.417 e. The third kappa shape index (κ3) is 47.9. The van der Waals surface area contributed by atoms with Crippen LogP contribution in [0.1, 0.15) is 264 Å². The van der Waals surface area contributed by atoms with E-state index in [1.165, 1.54) is 13.8 Å². The average molecular weight is 1180 g/mol. The van der Waals surface area contributed by atoms with Gasteiger partial charge in [-0.25, -0.2) is 4.39 Å². The summed E-state index contributed by atoms with van der Waals surface area (Å²) in [6, 6.07) is 0. The number of hydrogen-bond acceptors (Lipinski definition) is 9. The van der Waals surface area contributed by atoms with Crippen LogP contribution in [0.25, 0.3) is 0 Å². The zero-order chi connectivity index (χ0) is 66.8. The minimum atomic E-state index is -4.57.